The molecule has 0 bridgehead atoms. The predicted molar refractivity (Wildman–Crippen MR) is 93.7 cm³/mol. The molecule has 1 atom stereocenters. The van der Waals surface area contributed by atoms with Crippen LogP contribution in [-0.4, -0.2) is 58.0 Å². The molecule has 8 nitrogen and oxygen atoms in total. The number of anilines is 2. The zero-order chi connectivity index (χ0) is 20.4. The van der Waals surface area contributed by atoms with Crippen LogP contribution in [0.5, 0.6) is 0 Å². The van der Waals surface area contributed by atoms with Gasteiger partial charge in [0.2, 0.25) is 11.5 Å². The van der Waals surface area contributed by atoms with Gasteiger partial charge < -0.3 is 24.6 Å². The van der Waals surface area contributed by atoms with Crippen molar-refractivity contribution in [2.45, 2.75) is 18.2 Å². The highest BCUT2D eigenvalue weighted by molar-refractivity contribution is 5.91. The second kappa shape index (κ2) is 7.76. The van der Waals surface area contributed by atoms with E-state index in [2.05, 4.69) is 15.3 Å². The Morgan fingerprint density at radius 1 is 1.29 bits per heavy atom. The number of morpholine rings is 1. The van der Waals surface area contributed by atoms with Gasteiger partial charge >= 0.3 is 6.18 Å². The molecule has 0 spiro atoms. The van der Waals surface area contributed by atoms with Crippen molar-refractivity contribution in [1.82, 2.24) is 14.5 Å². The van der Waals surface area contributed by atoms with E-state index >= 15 is 0 Å². The summed E-state index contributed by atoms with van der Waals surface area (Å²) in [4.78, 5) is 22.0. The van der Waals surface area contributed by atoms with Crippen LogP contribution >= 0.6 is 0 Å². The maximum atomic E-state index is 13.5. The van der Waals surface area contributed by atoms with Gasteiger partial charge in [-0.05, 0) is 12.1 Å². The van der Waals surface area contributed by atoms with E-state index in [-0.39, 0.29) is 5.69 Å². The molecule has 2 aromatic rings. The largest absolute Gasteiger partial charge is 0.425 e. The van der Waals surface area contributed by atoms with Gasteiger partial charge in [-0.25, -0.2) is 9.97 Å². The van der Waals surface area contributed by atoms with E-state index in [4.69, 9.17) is 4.74 Å². The van der Waals surface area contributed by atoms with E-state index in [1.54, 1.807) is 12.1 Å². The summed E-state index contributed by atoms with van der Waals surface area (Å²) in [6.07, 6.45) is -2.57. The maximum absolute atomic E-state index is 13.5. The van der Waals surface area contributed by atoms with E-state index in [9.17, 15) is 23.1 Å². The molecule has 1 fully saturated rings. The Bertz CT molecular complexity index is 818. The number of hydrogen-bond acceptors (Lipinski definition) is 6. The number of nitrogens with one attached hydrogen (secondary N) is 1. The number of carbonyl (C=O) groups is 1. The van der Waals surface area contributed by atoms with Gasteiger partial charge in [-0.1, -0.05) is 0 Å². The number of halogens is 3. The first-order valence-electron chi connectivity index (χ1n) is 8.56. The number of aryl methyl sites for hydroxylation is 1. The van der Waals surface area contributed by atoms with Gasteiger partial charge in [0.05, 0.1) is 31.5 Å². The van der Waals surface area contributed by atoms with Crippen LogP contribution in [0.1, 0.15) is 12.2 Å². The summed E-state index contributed by atoms with van der Waals surface area (Å²) < 4.78 is 46.8. The molecule has 2 N–H and O–H groups in total. The van der Waals surface area contributed by atoms with Crippen molar-refractivity contribution in [2.75, 3.05) is 36.5 Å². The molecule has 1 amide bonds. The summed E-state index contributed by atoms with van der Waals surface area (Å²) in [7, 11) is 1.31. The quantitative estimate of drug-likeness (QED) is 0.790. The van der Waals surface area contributed by atoms with Gasteiger partial charge in [-0.3, -0.25) is 4.79 Å². The Kier molecular flexibility index (Phi) is 5.57. The molecule has 1 saturated heterocycles. The minimum atomic E-state index is -5.08. The van der Waals surface area contributed by atoms with Gasteiger partial charge in [0.25, 0.3) is 0 Å². The first-order valence-corrected chi connectivity index (χ1v) is 8.56. The average Bonchev–Trinajstić information content (AvgIpc) is 3.08. The molecule has 0 aliphatic carbocycles. The number of ether oxygens (including phenoxy) is 1. The van der Waals surface area contributed by atoms with Gasteiger partial charge in [0.1, 0.15) is 5.82 Å². The minimum absolute atomic E-state index is 0.228. The highest BCUT2D eigenvalue weighted by Gasteiger charge is 2.58. The fourth-order valence-electron chi connectivity index (χ4n) is 2.95. The molecule has 11 heteroatoms. The number of aliphatic hydroxyl groups is 1. The molecule has 0 radical (unpaired) electrons. The molecule has 152 valence electrons. The third-order valence-electron chi connectivity index (χ3n) is 4.44. The minimum Gasteiger partial charge on any atom is -0.378 e. The van der Waals surface area contributed by atoms with E-state index in [0.29, 0.717) is 32.1 Å². The molecular formula is C17H20F3N5O3. The molecule has 1 aliphatic rings. The van der Waals surface area contributed by atoms with Crippen molar-refractivity contribution in [3.8, 4) is 0 Å². The summed E-state index contributed by atoms with van der Waals surface area (Å²) in [5.41, 5.74) is -3.18. The molecule has 28 heavy (non-hydrogen) atoms. The highest BCUT2D eigenvalue weighted by Crippen LogP contribution is 2.40. The molecule has 3 heterocycles. The lowest BCUT2D eigenvalue weighted by Crippen LogP contribution is -2.46. The molecule has 1 aliphatic heterocycles. The van der Waals surface area contributed by atoms with Gasteiger partial charge in [0, 0.05) is 32.5 Å². The number of alkyl halides is 3. The van der Waals surface area contributed by atoms with Gasteiger partial charge in [-0.15, -0.1) is 0 Å². The van der Waals surface area contributed by atoms with Crippen molar-refractivity contribution in [1.29, 1.82) is 0 Å². The fourth-order valence-corrected chi connectivity index (χ4v) is 2.95. The van der Waals surface area contributed by atoms with Crippen LogP contribution < -0.4 is 10.2 Å². The summed E-state index contributed by atoms with van der Waals surface area (Å²) >= 11 is 0. The monoisotopic (exact) mass is 399 g/mol. The first-order chi connectivity index (χ1) is 13.2. The molecule has 3 rings (SSSR count). The number of rotatable bonds is 5. The normalized spacial score (nSPS) is 17.2. The zero-order valence-electron chi connectivity index (χ0n) is 15.1. The van der Waals surface area contributed by atoms with Crippen LogP contribution in [0.25, 0.3) is 0 Å². The number of amides is 1. The Morgan fingerprint density at radius 3 is 2.54 bits per heavy atom. The van der Waals surface area contributed by atoms with Crippen molar-refractivity contribution in [3.63, 3.8) is 0 Å². The van der Waals surface area contributed by atoms with Crippen LogP contribution in [0.2, 0.25) is 0 Å². The van der Waals surface area contributed by atoms with Gasteiger partial charge in [-0.2, -0.15) is 13.2 Å². The predicted octanol–water partition coefficient (Wildman–Crippen LogP) is 1.43. The van der Waals surface area contributed by atoms with Gasteiger partial charge in [0.15, 0.2) is 5.82 Å². The lowest BCUT2D eigenvalue weighted by Gasteiger charge is -2.29. The molecular weight excluding hydrogens is 379 g/mol. The van der Waals surface area contributed by atoms with Crippen LogP contribution in [0.3, 0.4) is 0 Å². The first kappa shape index (κ1) is 20.1. The van der Waals surface area contributed by atoms with E-state index in [0.717, 1.165) is 10.8 Å². The van der Waals surface area contributed by atoms with E-state index < -0.39 is 29.9 Å². The summed E-state index contributed by atoms with van der Waals surface area (Å²) in [6, 6.07) is 3.21. The topological polar surface area (TPSA) is 92.5 Å². The Morgan fingerprint density at radius 2 is 2.00 bits per heavy atom. The summed E-state index contributed by atoms with van der Waals surface area (Å²) in [6.45, 7) is 2.54. The second-order valence-electron chi connectivity index (χ2n) is 6.45. The summed E-state index contributed by atoms with van der Waals surface area (Å²) in [5, 5.41) is 12.6. The van der Waals surface area contributed by atoms with Crippen LogP contribution in [0.15, 0.2) is 30.7 Å². The Balaban J connectivity index is 1.70. The van der Waals surface area contributed by atoms with E-state index in [1.807, 2.05) is 4.90 Å². The molecule has 2 aromatic heterocycles. The molecule has 0 aromatic carbocycles. The van der Waals surface area contributed by atoms with Crippen LogP contribution in [0, 0.1) is 0 Å². The van der Waals surface area contributed by atoms with Crippen LogP contribution in [0.4, 0.5) is 24.7 Å². The van der Waals surface area contributed by atoms with Crippen LogP contribution in [-0.2, 0) is 22.2 Å². The third-order valence-corrected chi connectivity index (χ3v) is 4.44. The zero-order valence-corrected chi connectivity index (χ0v) is 15.1. The van der Waals surface area contributed by atoms with E-state index in [1.165, 1.54) is 19.4 Å². The molecule has 0 saturated carbocycles. The Hall–Kier alpha value is -2.66. The van der Waals surface area contributed by atoms with Crippen molar-refractivity contribution >= 4 is 17.4 Å². The van der Waals surface area contributed by atoms with Crippen molar-refractivity contribution in [3.05, 3.63) is 36.5 Å². The number of aromatic nitrogens is 3. The average molecular weight is 399 g/mol. The smallest absolute Gasteiger partial charge is 0.378 e. The highest BCUT2D eigenvalue weighted by atomic mass is 19.4. The molecule has 1 unspecified atom stereocenters. The second-order valence-corrected chi connectivity index (χ2v) is 6.45. The third kappa shape index (κ3) is 4.09. The SMILES string of the molecule is Cn1ccnc1C(O)(CC(=O)Nc1ccc(N2CCOCC2)nc1)C(F)(F)F. The number of pyridine rings is 1. The van der Waals surface area contributed by atoms with Crippen molar-refractivity contribution in [2.24, 2.45) is 7.05 Å². The summed E-state index contributed by atoms with van der Waals surface area (Å²) in [5.74, 6) is -0.985. The Labute approximate surface area is 159 Å². The number of hydrogen-bond donors (Lipinski definition) is 2. The number of carbonyl (C=O) groups excluding carboxylic acids is 1. The maximum Gasteiger partial charge on any atom is 0.425 e. The lowest BCUT2D eigenvalue weighted by molar-refractivity contribution is -0.270. The number of nitrogens with zero attached hydrogens (tertiary/aromatic N) is 4. The standard InChI is InChI=1S/C17H20F3N5O3/c1-24-5-4-21-15(24)16(27,17(18,19)20)10-14(26)23-12-2-3-13(22-11-12)25-6-8-28-9-7-25/h2-5,11,27H,6-10H2,1H3,(H,23,26). The lowest BCUT2D eigenvalue weighted by atomic mass is 9.97. The van der Waals surface area contributed by atoms with Crippen molar-refractivity contribution < 1.29 is 27.8 Å². The number of imidazole rings is 1. The fraction of sp³-hybridized carbons (Fsp3) is 0.471.